The first-order chi connectivity index (χ1) is 13.7. The van der Waals surface area contributed by atoms with Gasteiger partial charge in [0.15, 0.2) is 0 Å². The van der Waals surface area contributed by atoms with Crippen LogP contribution in [0.2, 0.25) is 0 Å². The van der Waals surface area contributed by atoms with Gasteiger partial charge in [-0.1, -0.05) is 18.2 Å². The molecule has 138 valence electrons. The molecule has 28 heavy (non-hydrogen) atoms. The summed E-state index contributed by atoms with van der Waals surface area (Å²) in [6.45, 7) is 0. The summed E-state index contributed by atoms with van der Waals surface area (Å²) in [7, 11) is 0. The number of fused-ring (bicyclic) bond motifs is 1. The summed E-state index contributed by atoms with van der Waals surface area (Å²) in [5.74, 6) is 1.03. The Balaban J connectivity index is 1.44. The Bertz CT molecular complexity index is 1110. The van der Waals surface area contributed by atoms with Crippen LogP contribution in [0.4, 0.5) is 21.9 Å². The van der Waals surface area contributed by atoms with E-state index in [4.69, 9.17) is 10.5 Å². The zero-order valence-electron chi connectivity index (χ0n) is 14.8. The van der Waals surface area contributed by atoms with E-state index in [0.717, 1.165) is 11.1 Å². The van der Waals surface area contributed by atoms with Crippen molar-refractivity contribution in [1.29, 1.82) is 0 Å². The quantitative estimate of drug-likeness (QED) is 0.453. The topological polar surface area (TPSA) is 102 Å². The maximum absolute atomic E-state index is 12.1. The van der Waals surface area contributed by atoms with E-state index in [2.05, 4.69) is 20.6 Å². The number of benzene rings is 3. The zero-order valence-corrected chi connectivity index (χ0v) is 14.8. The Hall–Kier alpha value is -4.13. The summed E-state index contributed by atoms with van der Waals surface area (Å²) >= 11 is 0. The number of carbonyl (C=O) groups excluding carboxylic acids is 1. The van der Waals surface area contributed by atoms with Gasteiger partial charge in [0.1, 0.15) is 12.1 Å². The third-order valence-corrected chi connectivity index (χ3v) is 3.98. The fourth-order valence-electron chi connectivity index (χ4n) is 2.66. The molecule has 0 fully saturated rings. The molecule has 4 rings (SSSR count). The third kappa shape index (κ3) is 3.99. The number of nitrogen functional groups attached to an aromatic ring is 1. The molecular formula is C21H17N5O2. The molecule has 0 atom stereocenters. The lowest BCUT2D eigenvalue weighted by Crippen LogP contribution is -2.19. The van der Waals surface area contributed by atoms with E-state index in [0.29, 0.717) is 28.5 Å². The number of hydrogen-bond donors (Lipinski definition) is 3. The number of rotatable bonds is 4. The molecule has 0 bridgehead atoms. The van der Waals surface area contributed by atoms with Crippen LogP contribution in [0.5, 0.6) is 11.6 Å². The monoisotopic (exact) mass is 371 g/mol. The average Bonchev–Trinajstić information content (AvgIpc) is 2.70. The van der Waals surface area contributed by atoms with E-state index in [1.807, 2.05) is 36.4 Å². The predicted molar refractivity (Wildman–Crippen MR) is 110 cm³/mol. The molecule has 0 aliphatic heterocycles. The van der Waals surface area contributed by atoms with Gasteiger partial charge in [0.05, 0.1) is 10.9 Å². The SMILES string of the molecule is Nc1ccc2c(Oc3ccc(NC(=O)Nc4ccccc4)cc3)ncnc2c1. The summed E-state index contributed by atoms with van der Waals surface area (Å²) < 4.78 is 5.87. The van der Waals surface area contributed by atoms with Crippen molar-refractivity contribution in [2.75, 3.05) is 16.4 Å². The van der Waals surface area contributed by atoms with E-state index < -0.39 is 0 Å². The molecule has 7 nitrogen and oxygen atoms in total. The number of hydrogen-bond acceptors (Lipinski definition) is 5. The van der Waals surface area contributed by atoms with Crippen LogP contribution in [-0.2, 0) is 0 Å². The zero-order chi connectivity index (χ0) is 19.3. The smallest absolute Gasteiger partial charge is 0.323 e. The minimum Gasteiger partial charge on any atom is -0.438 e. The molecule has 4 aromatic rings. The van der Waals surface area contributed by atoms with Crippen LogP contribution in [0.1, 0.15) is 0 Å². The molecule has 2 amide bonds. The number of nitrogens with one attached hydrogen (secondary N) is 2. The van der Waals surface area contributed by atoms with Crippen LogP contribution >= 0.6 is 0 Å². The van der Waals surface area contributed by atoms with E-state index in [1.54, 1.807) is 36.4 Å². The van der Waals surface area contributed by atoms with Crippen molar-refractivity contribution in [2.45, 2.75) is 0 Å². The molecule has 0 aliphatic carbocycles. The maximum atomic E-state index is 12.1. The number of nitrogens with zero attached hydrogens (tertiary/aromatic N) is 2. The number of urea groups is 1. The molecule has 0 saturated carbocycles. The molecule has 4 N–H and O–H groups in total. The average molecular weight is 371 g/mol. The van der Waals surface area contributed by atoms with E-state index in [1.165, 1.54) is 6.33 Å². The Morgan fingerprint density at radius 1 is 0.857 bits per heavy atom. The standard InChI is InChI=1S/C21H17N5O2/c22-14-6-11-18-19(12-14)23-13-24-20(18)28-17-9-7-16(8-10-17)26-21(27)25-15-4-2-1-3-5-15/h1-13H,22H2,(H2,25,26,27). The Morgan fingerprint density at radius 2 is 1.57 bits per heavy atom. The van der Waals surface area contributed by atoms with E-state index >= 15 is 0 Å². The minimum atomic E-state index is -0.320. The van der Waals surface area contributed by atoms with Crippen molar-refractivity contribution >= 4 is 34.0 Å². The van der Waals surface area contributed by atoms with Crippen molar-refractivity contribution in [2.24, 2.45) is 0 Å². The Morgan fingerprint density at radius 3 is 2.32 bits per heavy atom. The predicted octanol–water partition coefficient (Wildman–Crippen LogP) is 4.65. The number of anilines is 3. The van der Waals surface area contributed by atoms with Gasteiger partial charge in [0.25, 0.3) is 0 Å². The molecule has 7 heteroatoms. The van der Waals surface area contributed by atoms with Crippen molar-refractivity contribution in [3.05, 3.63) is 79.1 Å². The Labute approximate surface area is 161 Å². The van der Waals surface area contributed by atoms with Crippen molar-refractivity contribution in [3.63, 3.8) is 0 Å². The second-order valence-electron chi connectivity index (χ2n) is 6.03. The summed E-state index contributed by atoms with van der Waals surface area (Å²) in [6.07, 6.45) is 1.43. The first-order valence-corrected chi connectivity index (χ1v) is 8.58. The summed E-state index contributed by atoms with van der Waals surface area (Å²) in [4.78, 5) is 20.4. The summed E-state index contributed by atoms with van der Waals surface area (Å²) in [6, 6.07) is 21.3. The van der Waals surface area contributed by atoms with Gasteiger partial charge in [-0.25, -0.2) is 14.8 Å². The summed E-state index contributed by atoms with van der Waals surface area (Å²) in [5, 5.41) is 6.30. The van der Waals surface area contributed by atoms with Crippen molar-refractivity contribution < 1.29 is 9.53 Å². The van der Waals surface area contributed by atoms with E-state index in [-0.39, 0.29) is 6.03 Å². The minimum absolute atomic E-state index is 0.320. The molecule has 0 saturated heterocycles. The van der Waals surface area contributed by atoms with Crippen molar-refractivity contribution in [3.8, 4) is 11.6 Å². The van der Waals surface area contributed by atoms with Crippen LogP contribution in [-0.4, -0.2) is 16.0 Å². The fourth-order valence-corrected chi connectivity index (χ4v) is 2.66. The van der Waals surface area contributed by atoms with E-state index in [9.17, 15) is 4.79 Å². The molecule has 0 radical (unpaired) electrons. The second kappa shape index (κ2) is 7.63. The van der Waals surface area contributed by atoms with Gasteiger partial charge in [-0.05, 0) is 54.6 Å². The van der Waals surface area contributed by atoms with Gasteiger partial charge in [-0.3, -0.25) is 0 Å². The second-order valence-corrected chi connectivity index (χ2v) is 6.03. The Kier molecular flexibility index (Phi) is 4.71. The van der Waals surface area contributed by atoms with Gasteiger partial charge in [0.2, 0.25) is 5.88 Å². The van der Waals surface area contributed by atoms with Crippen LogP contribution in [0, 0.1) is 0 Å². The van der Waals surface area contributed by atoms with Crippen LogP contribution in [0.25, 0.3) is 10.9 Å². The molecule has 0 aliphatic rings. The van der Waals surface area contributed by atoms with Gasteiger partial charge in [0, 0.05) is 17.1 Å². The number of para-hydroxylation sites is 1. The highest BCUT2D eigenvalue weighted by Gasteiger charge is 2.07. The van der Waals surface area contributed by atoms with Gasteiger partial charge < -0.3 is 21.1 Å². The molecular weight excluding hydrogens is 354 g/mol. The van der Waals surface area contributed by atoms with Gasteiger partial charge >= 0.3 is 6.03 Å². The lowest BCUT2D eigenvalue weighted by Gasteiger charge is -2.10. The number of carbonyl (C=O) groups is 1. The number of ether oxygens (including phenoxy) is 1. The first kappa shape index (κ1) is 17.3. The summed E-state index contributed by atoms with van der Waals surface area (Å²) in [5.41, 5.74) is 8.48. The maximum Gasteiger partial charge on any atom is 0.323 e. The van der Waals surface area contributed by atoms with Gasteiger partial charge in [-0.15, -0.1) is 0 Å². The number of aromatic nitrogens is 2. The van der Waals surface area contributed by atoms with Crippen LogP contribution in [0.3, 0.4) is 0 Å². The van der Waals surface area contributed by atoms with Crippen molar-refractivity contribution in [1.82, 2.24) is 9.97 Å². The first-order valence-electron chi connectivity index (χ1n) is 8.58. The molecule has 0 unspecified atom stereocenters. The molecule has 0 spiro atoms. The number of nitrogens with two attached hydrogens (primary N) is 1. The molecule has 1 heterocycles. The van der Waals surface area contributed by atoms with Crippen LogP contribution < -0.4 is 21.1 Å². The van der Waals surface area contributed by atoms with Crippen LogP contribution in [0.15, 0.2) is 79.1 Å². The van der Waals surface area contributed by atoms with Gasteiger partial charge in [-0.2, -0.15) is 0 Å². The lowest BCUT2D eigenvalue weighted by molar-refractivity contribution is 0.262. The lowest BCUT2D eigenvalue weighted by atomic mass is 10.2. The fraction of sp³-hybridized carbons (Fsp3) is 0. The highest BCUT2D eigenvalue weighted by atomic mass is 16.5. The normalized spacial score (nSPS) is 10.4. The largest absolute Gasteiger partial charge is 0.438 e. The highest BCUT2D eigenvalue weighted by molar-refractivity contribution is 5.99. The number of amides is 2. The molecule has 3 aromatic carbocycles. The third-order valence-electron chi connectivity index (χ3n) is 3.98. The molecule has 1 aromatic heterocycles. The highest BCUT2D eigenvalue weighted by Crippen LogP contribution is 2.28.